The zero-order valence-corrected chi connectivity index (χ0v) is 15.0. The molecule has 1 aliphatic heterocycles. The van der Waals surface area contributed by atoms with Crippen molar-refractivity contribution in [3.05, 3.63) is 40.4 Å². The molecule has 0 saturated carbocycles. The molecule has 0 spiro atoms. The molecule has 1 fully saturated rings. The summed E-state index contributed by atoms with van der Waals surface area (Å²) in [4.78, 5) is 19.3. The van der Waals surface area contributed by atoms with Crippen molar-refractivity contribution in [2.75, 3.05) is 26.7 Å². The van der Waals surface area contributed by atoms with Crippen molar-refractivity contribution in [1.29, 1.82) is 0 Å². The number of aromatic nitrogens is 3. The molecule has 3 heterocycles. The first-order valence-corrected chi connectivity index (χ1v) is 9.09. The minimum atomic E-state index is 0.350. The number of nitrogens with zero attached hydrogens (tertiary/aromatic N) is 5. The molecule has 0 radical (unpaired) electrons. The van der Waals surface area contributed by atoms with Crippen LogP contribution in [0.15, 0.2) is 24.1 Å². The van der Waals surface area contributed by atoms with E-state index in [0.717, 1.165) is 37.8 Å². The molecule has 23 heavy (non-hydrogen) atoms. The van der Waals surface area contributed by atoms with Gasteiger partial charge in [-0.05, 0) is 39.8 Å². The summed E-state index contributed by atoms with van der Waals surface area (Å²) in [6.45, 7) is 8.77. The standard InChI is InChI=1S/C17H25N5S/c1-13-17(23-12-20-13)11-21(3)9-15-4-7-22(10-15)14(2)16-8-18-5-6-19-16/h5-6,8,12,14-15H,4,7,9-11H2,1-3H3/t14-,15-/m0/s1. The number of aryl methyl sites for hydroxylation is 1. The lowest BCUT2D eigenvalue weighted by atomic mass is 10.1. The van der Waals surface area contributed by atoms with E-state index in [1.54, 1.807) is 23.7 Å². The van der Waals surface area contributed by atoms with Gasteiger partial charge in [0.25, 0.3) is 0 Å². The molecule has 5 nitrogen and oxygen atoms in total. The van der Waals surface area contributed by atoms with Gasteiger partial charge in [0.05, 0.1) is 22.9 Å². The van der Waals surface area contributed by atoms with Gasteiger partial charge in [0.2, 0.25) is 0 Å². The second kappa shape index (κ2) is 7.47. The highest BCUT2D eigenvalue weighted by atomic mass is 32.1. The van der Waals surface area contributed by atoms with Gasteiger partial charge in [0, 0.05) is 43.1 Å². The molecule has 0 aromatic carbocycles. The molecule has 2 atom stereocenters. The molecule has 0 amide bonds. The van der Waals surface area contributed by atoms with Crippen LogP contribution in [-0.2, 0) is 6.54 Å². The Morgan fingerprint density at radius 1 is 1.39 bits per heavy atom. The van der Waals surface area contributed by atoms with Crippen molar-refractivity contribution < 1.29 is 0 Å². The predicted octanol–water partition coefficient (Wildman–Crippen LogP) is 2.76. The minimum absolute atomic E-state index is 0.350. The monoisotopic (exact) mass is 331 g/mol. The van der Waals surface area contributed by atoms with E-state index < -0.39 is 0 Å². The maximum absolute atomic E-state index is 4.45. The van der Waals surface area contributed by atoms with E-state index in [1.807, 2.05) is 11.7 Å². The summed E-state index contributed by atoms with van der Waals surface area (Å²) >= 11 is 1.76. The van der Waals surface area contributed by atoms with Crippen molar-refractivity contribution in [3.8, 4) is 0 Å². The van der Waals surface area contributed by atoms with E-state index >= 15 is 0 Å². The molecular formula is C17H25N5S. The SMILES string of the molecule is Cc1ncsc1CN(C)C[C@@H]1CCN([C@@H](C)c2cnccn2)C1. The fourth-order valence-electron chi connectivity index (χ4n) is 3.31. The van der Waals surface area contributed by atoms with Gasteiger partial charge in [0.1, 0.15) is 0 Å². The topological polar surface area (TPSA) is 45.2 Å². The summed E-state index contributed by atoms with van der Waals surface area (Å²) in [7, 11) is 2.22. The second-order valence-corrected chi connectivity index (χ2v) is 7.45. The van der Waals surface area contributed by atoms with Crippen LogP contribution in [0, 0.1) is 12.8 Å². The molecule has 0 bridgehead atoms. The third kappa shape index (κ3) is 4.13. The van der Waals surface area contributed by atoms with Gasteiger partial charge in [-0.15, -0.1) is 11.3 Å². The Bertz CT molecular complexity index is 614. The Morgan fingerprint density at radius 3 is 2.96 bits per heavy atom. The first-order chi connectivity index (χ1) is 11.1. The number of hydrogen-bond donors (Lipinski definition) is 0. The molecule has 3 rings (SSSR count). The first kappa shape index (κ1) is 16.5. The molecule has 0 N–H and O–H groups in total. The van der Waals surface area contributed by atoms with Crippen molar-refractivity contribution in [2.45, 2.75) is 32.9 Å². The fraction of sp³-hybridized carbons (Fsp3) is 0.588. The van der Waals surface area contributed by atoms with Crippen LogP contribution in [0.1, 0.15) is 35.7 Å². The summed E-state index contributed by atoms with van der Waals surface area (Å²) < 4.78 is 0. The van der Waals surface area contributed by atoms with Crippen molar-refractivity contribution >= 4 is 11.3 Å². The van der Waals surface area contributed by atoms with Gasteiger partial charge in [-0.2, -0.15) is 0 Å². The highest BCUT2D eigenvalue weighted by Crippen LogP contribution is 2.26. The molecule has 1 saturated heterocycles. The summed E-state index contributed by atoms with van der Waals surface area (Å²) in [6, 6.07) is 0.350. The molecule has 0 unspecified atom stereocenters. The van der Waals surface area contributed by atoms with E-state index in [0.29, 0.717) is 6.04 Å². The number of likely N-dealkylation sites (tertiary alicyclic amines) is 1. The Hall–Kier alpha value is -1.37. The largest absolute Gasteiger partial charge is 0.301 e. The smallest absolute Gasteiger partial charge is 0.0798 e. The Kier molecular flexibility index (Phi) is 5.35. The van der Waals surface area contributed by atoms with Crippen molar-refractivity contribution in [3.63, 3.8) is 0 Å². The zero-order valence-electron chi connectivity index (χ0n) is 14.1. The van der Waals surface area contributed by atoms with Gasteiger partial charge >= 0.3 is 0 Å². The normalized spacial score (nSPS) is 20.3. The number of hydrogen-bond acceptors (Lipinski definition) is 6. The van der Waals surface area contributed by atoms with Crippen LogP contribution in [0.5, 0.6) is 0 Å². The van der Waals surface area contributed by atoms with E-state index in [2.05, 4.69) is 45.6 Å². The number of thiazole rings is 1. The highest BCUT2D eigenvalue weighted by Gasteiger charge is 2.28. The van der Waals surface area contributed by atoms with E-state index in [4.69, 9.17) is 0 Å². The minimum Gasteiger partial charge on any atom is -0.301 e. The van der Waals surface area contributed by atoms with Crippen molar-refractivity contribution in [1.82, 2.24) is 24.8 Å². The summed E-state index contributed by atoms with van der Waals surface area (Å²) in [5.41, 5.74) is 4.19. The molecule has 0 aliphatic carbocycles. The maximum Gasteiger partial charge on any atom is 0.0798 e. The third-order valence-electron chi connectivity index (χ3n) is 4.70. The third-order valence-corrected chi connectivity index (χ3v) is 5.62. The average Bonchev–Trinajstić information content (AvgIpc) is 3.17. The lowest BCUT2D eigenvalue weighted by Gasteiger charge is -2.25. The van der Waals surface area contributed by atoms with E-state index in [-0.39, 0.29) is 0 Å². The van der Waals surface area contributed by atoms with E-state index in [9.17, 15) is 0 Å². The predicted molar refractivity (Wildman–Crippen MR) is 93.3 cm³/mol. The molecule has 124 valence electrons. The lowest BCUT2D eigenvalue weighted by Crippen LogP contribution is -2.29. The highest BCUT2D eigenvalue weighted by molar-refractivity contribution is 7.09. The van der Waals surface area contributed by atoms with Gasteiger partial charge in [0.15, 0.2) is 0 Å². The van der Waals surface area contributed by atoms with Crippen LogP contribution in [0.3, 0.4) is 0 Å². The van der Waals surface area contributed by atoms with Crippen LogP contribution < -0.4 is 0 Å². The summed E-state index contributed by atoms with van der Waals surface area (Å²) in [5.74, 6) is 0.729. The summed E-state index contributed by atoms with van der Waals surface area (Å²) in [5, 5.41) is 0. The lowest BCUT2D eigenvalue weighted by molar-refractivity contribution is 0.225. The van der Waals surface area contributed by atoms with Crippen LogP contribution >= 0.6 is 11.3 Å². The Morgan fingerprint density at radius 2 is 2.26 bits per heavy atom. The Balaban J connectivity index is 1.51. The van der Waals surface area contributed by atoms with Gasteiger partial charge in [-0.1, -0.05) is 0 Å². The summed E-state index contributed by atoms with van der Waals surface area (Å²) in [6.07, 6.45) is 6.66. The molecule has 2 aromatic rings. The first-order valence-electron chi connectivity index (χ1n) is 8.21. The zero-order chi connectivity index (χ0) is 16.2. The Labute approximate surface area is 142 Å². The average molecular weight is 331 g/mol. The quantitative estimate of drug-likeness (QED) is 0.814. The molecular weight excluding hydrogens is 306 g/mol. The fourth-order valence-corrected chi connectivity index (χ4v) is 4.16. The van der Waals surface area contributed by atoms with Crippen LogP contribution in [0.2, 0.25) is 0 Å². The van der Waals surface area contributed by atoms with Crippen molar-refractivity contribution in [2.24, 2.45) is 5.92 Å². The van der Waals surface area contributed by atoms with Crippen LogP contribution in [0.25, 0.3) is 0 Å². The van der Waals surface area contributed by atoms with Crippen LogP contribution in [0.4, 0.5) is 0 Å². The molecule has 2 aromatic heterocycles. The van der Waals surface area contributed by atoms with Gasteiger partial charge < -0.3 is 4.90 Å². The van der Waals surface area contributed by atoms with Crippen LogP contribution in [-0.4, -0.2) is 51.4 Å². The van der Waals surface area contributed by atoms with Gasteiger partial charge in [-0.25, -0.2) is 4.98 Å². The van der Waals surface area contributed by atoms with E-state index in [1.165, 1.54) is 17.0 Å². The number of rotatable bonds is 6. The second-order valence-electron chi connectivity index (χ2n) is 6.51. The maximum atomic E-state index is 4.45. The molecule has 1 aliphatic rings. The van der Waals surface area contributed by atoms with Gasteiger partial charge in [-0.3, -0.25) is 14.9 Å². The molecule has 6 heteroatoms.